The van der Waals surface area contributed by atoms with Crippen LogP contribution in [0.3, 0.4) is 0 Å². The van der Waals surface area contributed by atoms with Gasteiger partial charge in [0.2, 0.25) is 0 Å². The van der Waals surface area contributed by atoms with Gasteiger partial charge in [0.25, 0.3) is 0 Å². The maximum absolute atomic E-state index is 13.3. The Bertz CT molecular complexity index is 600. The van der Waals surface area contributed by atoms with Gasteiger partial charge in [0.15, 0.2) is 5.78 Å². The first-order chi connectivity index (χ1) is 8.49. The first-order valence-corrected chi connectivity index (χ1v) is 6.35. The van der Waals surface area contributed by atoms with E-state index < -0.39 is 0 Å². The molecule has 2 aromatic carbocycles. The van der Waals surface area contributed by atoms with E-state index in [1.807, 2.05) is 13.0 Å². The number of aryl methyl sites for hydroxylation is 1. The monoisotopic (exact) mass is 306 g/mol. The van der Waals surface area contributed by atoms with Crippen molar-refractivity contribution < 1.29 is 9.18 Å². The SMILES string of the molecule is Cc1cc(F)cc(C(=O)c2cccc(Br)c2C)c1. The van der Waals surface area contributed by atoms with Crippen molar-refractivity contribution in [1.82, 2.24) is 0 Å². The zero-order valence-corrected chi connectivity index (χ0v) is 11.7. The van der Waals surface area contributed by atoms with Gasteiger partial charge >= 0.3 is 0 Å². The Morgan fingerprint density at radius 3 is 2.56 bits per heavy atom. The number of hydrogen-bond donors (Lipinski definition) is 0. The van der Waals surface area contributed by atoms with E-state index in [-0.39, 0.29) is 11.6 Å². The molecule has 0 N–H and O–H groups in total. The topological polar surface area (TPSA) is 17.1 Å². The molecule has 0 saturated carbocycles. The van der Waals surface area contributed by atoms with Gasteiger partial charge in [0.1, 0.15) is 5.82 Å². The molecule has 0 spiro atoms. The maximum atomic E-state index is 13.3. The number of ketones is 1. The van der Waals surface area contributed by atoms with Gasteiger partial charge in [-0.05, 0) is 49.2 Å². The maximum Gasteiger partial charge on any atom is 0.193 e. The Balaban J connectivity index is 2.51. The van der Waals surface area contributed by atoms with E-state index in [9.17, 15) is 9.18 Å². The Labute approximate surface area is 114 Å². The van der Waals surface area contributed by atoms with Crippen LogP contribution < -0.4 is 0 Å². The summed E-state index contributed by atoms with van der Waals surface area (Å²) in [5.41, 5.74) is 2.58. The molecular formula is C15H12BrFO. The van der Waals surface area contributed by atoms with Gasteiger partial charge in [0, 0.05) is 15.6 Å². The van der Waals surface area contributed by atoms with Crippen molar-refractivity contribution in [2.75, 3.05) is 0 Å². The van der Waals surface area contributed by atoms with Gasteiger partial charge in [-0.15, -0.1) is 0 Å². The highest BCUT2D eigenvalue weighted by atomic mass is 79.9. The van der Waals surface area contributed by atoms with Crippen LogP contribution in [0.15, 0.2) is 40.9 Å². The van der Waals surface area contributed by atoms with E-state index in [2.05, 4.69) is 15.9 Å². The molecule has 0 atom stereocenters. The van der Waals surface area contributed by atoms with Crippen molar-refractivity contribution in [1.29, 1.82) is 0 Å². The second kappa shape index (κ2) is 5.02. The molecule has 0 unspecified atom stereocenters. The highest BCUT2D eigenvalue weighted by molar-refractivity contribution is 9.10. The molecule has 2 aromatic rings. The molecule has 0 radical (unpaired) electrons. The smallest absolute Gasteiger partial charge is 0.193 e. The average Bonchev–Trinajstić information content (AvgIpc) is 2.30. The lowest BCUT2D eigenvalue weighted by molar-refractivity contribution is 0.103. The highest BCUT2D eigenvalue weighted by Gasteiger charge is 2.14. The lowest BCUT2D eigenvalue weighted by atomic mass is 9.98. The number of rotatable bonds is 2. The molecule has 0 fully saturated rings. The number of carbonyl (C=O) groups is 1. The third-order valence-electron chi connectivity index (χ3n) is 2.82. The van der Waals surface area contributed by atoms with E-state index >= 15 is 0 Å². The third kappa shape index (κ3) is 2.51. The van der Waals surface area contributed by atoms with E-state index in [4.69, 9.17) is 0 Å². The molecule has 0 aliphatic heterocycles. The predicted octanol–water partition coefficient (Wildman–Crippen LogP) is 4.44. The molecule has 0 aliphatic rings. The summed E-state index contributed by atoms with van der Waals surface area (Å²) < 4.78 is 14.2. The van der Waals surface area contributed by atoms with Gasteiger partial charge in [-0.3, -0.25) is 4.79 Å². The van der Waals surface area contributed by atoms with Crippen LogP contribution in [0.5, 0.6) is 0 Å². The molecule has 0 aromatic heterocycles. The van der Waals surface area contributed by atoms with Gasteiger partial charge in [-0.2, -0.15) is 0 Å². The molecule has 3 heteroatoms. The Hall–Kier alpha value is -1.48. The Morgan fingerprint density at radius 1 is 1.17 bits per heavy atom. The van der Waals surface area contributed by atoms with Crippen molar-refractivity contribution in [3.05, 3.63) is 68.9 Å². The van der Waals surface area contributed by atoms with Crippen molar-refractivity contribution in [2.45, 2.75) is 13.8 Å². The summed E-state index contributed by atoms with van der Waals surface area (Å²) in [4.78, 5) is 12.3. The fourth-order valence-corrected chi connectivity index (χ4v) is 2.24. The van der Waals surface area contributed by atoms with Crippen molar-refractivity contribution >= 4 is 21.7 Å². The summed E-state index contributed by atoms with van der Waals surface area (Å²) in [7, 11) is 0. The Kier molecular flexibility index (Phi) is 3.62. The minimum Gasteiger partial charge on any atom is -0.289 e. The van der Waals surface area contributed by atoms with Crippen LogP contribution in [0.4, 0.5) is 4.39 Å². The van der Waals surface area contributed by atoms with Gasteiger partial charge in [-0.1, -0.05) is 28.1 Å². The Morgan fingerprint density at radius 2 is 1.89 bits per heavy atom. The van der Waals surface area contributed by atoms with Crippen molar-refractivity contribution in [2.24, 2.45) is 0 Å². The zero-order chi connectivity index (χ0) is 13.3. The van der Waals surface area contributed by atoms with Crippen molar-refractivity contribution in [3.8, 4) is 0 Å². The molecule has 0 bridgehead atoms. The van der Waals surface area contributed by atoms with Crippen LogP contribution in [-0.4, -0.2) is 5.78 Å². The molecular weight excluding hydrogens is 295 g/mol. The number of carbonyl (C=O) groups excluding carboxylic acids is 1. The van der Waals surface area contributed by atoms with Gasteiger partial charge < -0.3 is 0 Å². The molecule has 18 heavy (non-hydrogen) atoms. The van der Waals surface area contributed by atoms with E-state index in [1.54, 1.807) is 25.1 Å². The molecule has 0 aliphatic carbocycles. The summed E-state index contributed by atoms with van der Waals surface area (Å²) in [6.07, 6.45) is 0. The van der Waals surface area contributed by atoms with Crippen LogP contribution in [0.2, 0.25) is 0 Å². The molecule has 0 amide bonds. The summed E-state index contributed by atoms with van der Waals surface area (Å²) >= 11 is 3.39. The fraction of sp³-hybridized carbons (Fsp3) is 0.133. The largest absolute Gasteiger partial charge is 0.289 e. The summed E-state index contributed by atoms with van der Waals surface area (Å²) in [6, 6.07) is 9.81. The van der Waals surface area contributed by atoms with Crippen LogP contribution in [0, 0.1) is 19.7 Å². The van der Waals surface area contributed by atoms with Gasteiger partial charge in [0.05, 0.1) is 0 Å². The van der Waals surface area contributed by atoms with Crippen molar-refractivity contribution in [3.63, 3.8) is 0 Å². The molecule has 92 valence electrons. The number of benzene rings is 2. The van der Waals surface area contributed by atoms with Crippen LogP contribution >= 0.6 is 15.9 Å². The van der Waals surface area contributed by atoms with Crippen LogP contribution in [0.1, 0.15) is 27.0 Å². The van der Waals surface area contributed by atoms with Crippen LogP contribution in [-0.2, 0) is 0 Å². The second-order valence-electron chi connectivity index (χ2n) is 4.26. The van der Waals surface area contributed by atoms with E-state index in [1.165, 1.54) is 12.1 Å². The lowest BCUT2D eigenvalue weighted by Gasteiger charge is -2.07. The van der Waals surface area contributed by atoms with E-state index in [0.29, 0.717) is 11.1 Å². The number of hydrogen-bond acceptors (Lipinski definition) is 1. The standard InChI is InChI=1S/C15H12BrFO/c1-9-6-11(8-12(17)7-9)15(18)13-4-3-5-14(16)10(13)2/h3-8H,1-2H3. The summed E-state index contributed by atoms with van der Waals surface area (Å²) in [6.45, 7) is 3.64. The normalized spacial score (nSPS) is 10.4. The second-order valence-corrected chi connectivity index (χ2v) is 5.11. The molecule has 1 nitrogen and oxygen atoms in total. The van der Waals surface area contributed by atoms with Crippen LogP contribution in [0.25, 0.3) is 0 Å². The average molecular weight is 307 g/mol. The first kappa shape index (κ1) is 13.0. The quantitative estimate of drug-likeness (QED) is 0.750. The number of halogens is 2. The zero-order valence-electron chi connectivity index (χ0n) is 10.1. The minimum absolute atomic E-state index is 0.156. The lowest BCUT2D eigenvalue weighted by Crippen LogP contribution is -2.05. The summed E-state index contributed by atoms with van der Waals surface area (Å²) in [5, 5.41) is 0. The predicted molar refractivity (Wildman–Crippen MR) is 73.4 cm³/mol. The van der Waals surface area contributed by atoms with E-state index in [0.717, 1.165) is 15.6 Å². The first-order valence-electron chi connectivity index (χ1n) is 5.56. The fourth-order valence-electron chi connectivity index (χ4n) is 1.88. The molecule has 2 rings (SSSR count). The molecule has 0 heterocycles. The highest BCUT2D eigenvalue weighted by Crippen LogP contribution is 2.22. The third-order valence-corrected chi connectivity index (χ3v) is 3.68. The summed E-state index contributed by atoms with van der Waals surface area (Å²) in [5.74, 6) is -0.539. The van der Waals surface area contributed by atoms with Gasteiger partial charge in [-0.25, -0.2) is 4.39 Å². The molecule has 0 saturated heterocycles. The minimum atomic E-state index is -0.383.